The van der Waals surface area contributed by atoms with Crippen LogP contribution < -0.4 is 4.74 Å². The maximum atomic E-state index is 13.4. The first-order valence-corrected chi connectivity index (χ1v) is 7.44. The zero-order valence-electron chi connectivity index (χ0n) is 12.4. The van der Waals surface area contributed by atoms with Gasteiger partial charge in [-0.15, -0.1) is 0 Å². The molecule has 2 rings (SSSR count). The zero-order chi connectivity index (χ0) is 15.7. The van der Waals surface area contributed by atoms with Gasteiger partial charge in [-0.1, -0.05) is 49.2 Å². The molecule has 2 aromatic rings. The summed E-state index contributed by atoms with van der Waals surface area (Å²) in [5, 5.41) is 0.550. The Hall–Kier alpha value is -1.25. The zero-order valence-corrected chi connectivity index (χ0v) is 13.9. The largest absolute Gasteiger partial charge is 0.496 e. The second-order valence-corrected chi connectivity index (χ2v) is 6.09. The van der Waals surface area contributed by atoms with Gasteiger partial charge in [0.05, 0.1) is 17.2 Å². The molecule has 1 nitrogen and oxygen atoms in total. The molecule has 4 heteroatoms. The van der Waals surface area contributed by atoms with E-state index in [4.69, 9.17) is 27.9 Å². The van der Waals surface area contributed by atoms with Crippen LogP contribution in [0.3, 0.4) is 0 Å². The number of rotatable bonds is 3. The van der Waals surface area contributed by atoms with Crippen LogP contribution >= 0.6 is 23.2 Å². The van der Waals surface area contributed by atoms with Crippen molar-refractivity contribution in [2.45, 2.75) is 26.7 Å². The predicted molar refractivity (Wildman–Crippen MR) is 87.2 cm³/mol. The maximum Gasteiger partial charge on any atom is 0.130 e. The van der Waals surface area contributed by atoms with Crippen molar-refractivity contribution in [1.82, 2.24) is 0 Å². The van der Waals surface area contributed by atoms with Crippen molar-refractivity contribution in [3.8, 4) is 16.9 Å². The Labute approximate surface area is 134 Å². The summed E-state index contributed by atoms with van der Waals surface area (Å²) in [6.07, 6.45) is 0. The number of methoxy groups -OCH3 is 1. The molecule has 112 valence electrons. The van der Waals surface area contributed by atoms with Gasteiger partial charge in [0.25, 0.3) is 0 Å². The van der Waals surface area contributed by atoms with Gasteiger partial charge in [0.15, 0.2) is 0 Å². The Kier molecular flexibility index (Phi) is 4.80. The molecule has 21 heavy (non-hydrogen) atoms. The number of halogens is 3. The van der Waals surface area contributed by atoms with Crippen molar-refractivity contribution < 1.29 is 9.13 Å². The van der Waals surface area contributed by atoms with E-state index in [2.05, 4.69) is 13.8 Å². The summed E-state index contributed by atoms with van der Waals surface area (Å²) in [6.45, 7) is 6.24. The lowest BCUT2D eigenvalue weighted by Gasteiger charge is -2.20. The minimum atomic E-state index is -0.455. The molecule has 0 amide bonds. The summed E-state index contributed by atoms with van der Waals surface area (Å²) in [6, 6.07) is 6.43. The Bertz CT molecular complexity index is 658. The highest BCUT2D eigenvalue weighted by atomic mass is 35.5. The van der Waals surface area contributed by atoms with Gasteiger partial charge in [-0.05, 0) is 30.5 Å². The van der Waals surface area contributed by atoms with Crippen molar-refractivity contribution >= 4 is 23.2 Å². The Morgan fingerprint density at radius 3 is 2.14 bits per heavy atom. The van der Waals surface area contributed by atoms with E-state index in [0.717, 1.165) is 22.4 Å². The molecule has 0 atom stereocenters. The van der Waals surface area contributed by atoms with Crippen LogP contribution in [0.4, 0.5) is 4.39 Å². The molecule has 0 fully saturated rings. The molecule has 0 N–H and O–H groups in total. The first-order chi connectivity index (χ1) is 9.86. The minimum absolute atomic E-state index is 0.275. The monoisotopic (exact) mass is 326 g/mol. The normalized spacial score (nSPS) is 11.0. The third-order valence-corrected chi connectivity index (χ3v) is 4.07. The van der Waals surface area contributed by atoms with Gasteiger partial charge in [-0.3, -0.25) is 0 Å². The van der Waals surface area contributed by atoms with E-state index in [0.29, 0.717) is 5.56 Å². The van der Waals surface area contributed by atoms with Crippen molar-refractivity contribution in [2.75, 3.05) is 7.11 Å². The fourth-order valence-electron chi connectivity index (χ4n) is 2.63. The molecule has 2 aromatic carbocycles. The molecule has 0 aliphatic heterocycles. The summed E-state index contributed by atoms with van der Waals surface area (Å²) < 4.78 is 19.0. The predicted octanol–water partition coefficient (Wildman–Crippen LogP) is 6.24. The van der Waals surface area contributed by atoms with E-state index in [1.807, 2.05) is 19.1 Å². The van der Waals surface area contributed by atoms with Gasteiger partial charge in [0.2, 0.25) is 0 Å². The van der Waals surface area contributed by atoms with Crippen LogP contribution in [0, 0.1) is 12.7 Å². The number of benzene rings is 2. The number of aryl methyl sites for hydroxylation is 1. The third kappa shape index (κ3) is 3.02. The summed E-state index contributed by atoms with van der Waals surface area (Å²) in [5.41, 5.74) is 3.62. The van der Waals surface area contributed by atoms with Gasteiger partial charge in [-0.25, -0.2) is 4.39 Å². The standard InChI is InChI=1S/C17H17Cl2FO/c1-9(2)15-10(3)5-6-12(17(15)21-4)16-13(18)7-11(20)8-14(16)19/h5-9H,1-4H3. The van der Waals surface area contributed by atoms with Crippen molar-refractivity contribution in [2.24, 2.45) is 0 Å². The molecule has 0 spiro atoms. The average Bonchev–Trinajstić information content (AvgIpc) is 2.38. The molecule has 0 heterocycles. The Morgan fingerprint density at radius 2 is 1.67 bits per heavy atom. The lowest BCUT2D eigenvalue weighted by molar-refractivity contribution is 0.408. The smallest absolute Gasteiger partial charge is 0.130 e. The van der Waals surface area contributed by atoms with E-state index in [1.54, 1.807) is 7.11 Å². The maximum absolute atomic E-state index is 13.4. The molecule has 0 unspecified atom stereocenters. The van der Waals surface area contributed by atoms with E-state index < -0.39 is 5.82 Å². The van der Waals surface area contributed by atoms with Gasteiger partial charge in [0, 0.05) is 16.7 Å². The van der Waals surface area contributed by atoms with Gasteiger partial charge in [0.1, 0.15) is 11.6 Å². The molecule has 0 aromatic heterocycles. The highest BCUT2D eigenvalue weighted by molar-refractivity contribution is 6.39. The highest BCUT2D eigenvalue weighted by Crippen LogP contribution is 2.44. The van der Waals surface area contributed by atoms with Crippen LogP contribution in [0.2, 0.25) is 10.0 Å². The second-order valence-electron chi connectivity index (χ2n) is 5.28. The first-order valence-electron chi connectivity index (χ1n) is 6.69. The van der Waals surface area contributed by atoms with E-state index in [1.165, 1.54) is 12.1 Å². The first kappa shape index (κ1) is 16.1. The quantitative estimate of drug-likeness (QED) is 0.648. The van der Waals surface area contributed by atoms with Gasteiger partial charge >= 0.3 is 0 Å². The van der Waals surface area contributed by atoms with E-state index in [9.17, 15) is 4.39 Å². The van der Waals surface area contributed by atoms with Crippen LogP contribution in [0.25, 0.3) is 11.1 Å². The van der Waals surface area contributed by atoms with Crippen LogP contribution in [0.1, 0.15) is 30.9 Å². The SMILES string of the molecule is COc1c(-c2c(Cl)cc(F)cc2Cl)ccc(C)c1C(C)C. The van der Waals surface area contributed by atoms with Crippen LogP contribution in [0.5, 0.6) is 5.75 Å². The van der Waals surface area contributed by atoms with E-state index in [-0.39, 0.29) is 16.0 Å². The van der Waals surface area contributed by atoms with Gasteiger partial charge in [-0.2, -0.15) is 0 Å². The topological polar surface area (TPSA) is 9.23 Å². The van der Waals surface area contributed by atoms with Crippen LogP contribution in [-0.4, -0.2) is 7.11 Å². The summed E-state index contributed by atoms with van der Waals surface area (Å²) in [7, 11) is 1.62. The Balaban J connectivity index is 2.79. The second kappa shape index (κ2) is 6.25. The fourth-order valence-corrected chi connectivity index (χ4v) is 3.30. The molecular weight excluding hydrogens is 310 g/mol. The number of hydrogen-bond donors (Lipinski definition) is 0. The number of hydrogen-bond acceptors (Lipinski definition) is 1. The number of ether oxygens (including phenoxy) is 1. The van der Waals surface area contributed by atoms with Crippen LogP contribution in [-0.2, 0) is 0 Å². The van der Waals surface area contributed by atoms with Gasteiger partial charge < -0.3 is 4.74 Å². The van der Waals surface area contributed by atoms with Crippen LogP contribution in [0.15, 0.2) is 24.3 Å². The molecule has 0 radical (unpaired) electrons. The minimum Gasteiger partial charge on any atom is -0.496 e. The molecule has 0 aliphatic rings. The molecule has 0 bridgehead atoms. The van der Waals surface area contributed by atoms with Crippen molar-refractivity contribution in [1.29, 1.82) is 0 Å². The third-order valence-electron chi connectivity index (χ3n) is 3.47. The summed E-state index contributed by atoms with van der Waals surface area (Å²) in [5.74, 6) is 0.571. The summed E-state index contributed by atoms with van der Waals surface area (Å²) >= 11 is 12.4. The molecule has 0 saturated carbocycles. The molecular formula is C17H17Cl2FO. The fraction of sp³-hybridized carbons (Fsp3) is 0.294. The lowest BCUT2D eigenvalue weighted by atomic mass is 9.91. The van der Waals surface area contributed by atoms with Crippen molar-refractivity contribution in [3.63, 3.8) is 0 Å². The summed E-state index contributed by atoms with van der Waals surface area (Å²) in [4.78, 5) is 0. The van der Waals surface area contributed by atoms with Crippen molar-refractivity contribution in [3.05, 3.63) is 51.3 Å². The Morgan fingerprint density at radius 1 is 1.10 bits per heavy atom. The highest BCUT2D eigenvalue weighted by Gasteiger charge is 2.20. The average molecular weight is 327 g/mol. The molecule has 0 aliphatic carbocycles. The van der Waals surface area contributed by atoms with E-state index >= 15 is 0 Å². The molecule has 0 saturated heterocycles. The lowest BCUT2D eigenvalue weighted by Crippen LogP contribution is -2.00.